The largest absolute Gasteiger partial charge is 0.461 e. The van der Waals surface area contributed by atoms with Gasteiger partial charge in [0.05, 0.1) is 17.3 Å². The van der Waals surface area contributed by atoms with Crippen LogP contribution in [0.5, 0.6) is 0 Å². The monoisotopic (exact) mass is 250 g/mol. The van der Waals surface area contributed by atoms with E-state index in [2.05, 4.69) is 4.98 Å². The molecule has 0 N–H and O–H groups in total. The van der Waals surface area contributed by atoms with Gasteiger partial charge in [0.1, 0.15) is 6.33 Å². The minimum absolute atomic E-state index is 0.270. The molecule has 0 saturated carbocycles. The van der Waals surface area contributed by atoms with Crippen LogP contribution >= 0.6 is 11.6 Å². The molecule has 88 valence electrons. The smallest absolute Gasteiger partial charge is 0.358 e. The number of halogens is 1. The lowest BCUT2D eigenvalue weighted by Gasteiger charge is -2.03. The average Bonchev–Trinajstić information content (AvgIpc) is 2.79. The normalized spacial score (nSPS) is 10.2. The Kier molecular flexibility index (Phi) is 3.44. The molecule has 1 heterocycles. The van der Waals surface area contributed by atoms with Crippen molar-refractivity contribution < 1.29 is 9.53 Å². The number of aromatic nitrogens is 2. The van der Waals surface area contributed by atoms with Crippen LogP contribution in [0.15, 0.2) is 36.8 Å². The van der Waals surface area contributed by atoms with Gasteiger partial charge in [-0.25, -0.2) is 9.78 Å². The van der Waals surface area contributed by atoms with E-state index in [0.29, 0.717) is 11.6 Å². The van der Waals surface area contributed by atoms with Crippen LogP contribution in [0.4, 0.5) is 0 Å². The van der Waals surface area contributed by atoms with Gasteiger partial charge in [-0.15, -0.1) is 0 Å². The zero-order valence-electron chi connectivity index (χ0n) is 9.26. The van der Waals surface area contributed by atoms with Gasteiger partial charge in [-0.1, -0.05) is 23.7 Å². The Balaban J connectivity index is 2.30. The number of benzene rings is 1. The number of carbonyl (C=O) groups excluding carboxylic acids is 1. The molecule has 0 aliphatic rings. The molecule has 0 bridgehead atoms. The van der Waals surface area contributed by atoms with Crippen molar-refractivity contribution in [1.29, 1.82) is 0 Å². The van der Waals surface area contributed by atoms with Crippen molar-refractivity contribution >= 4 is 17.6 Å². The van der Waals surface area contributed by atoms with E-state index in [1.165, 1.54) is 6.33 Å². The predicted octanol–water partition coefficient (Wildman–Crippen LogP) is 2.70. The second-order valence-electron chi connectivity index (χ2n) is 3.34. The van der Waals surface area contributed by atoms with Crippen molar-refractivity contribution in [3.63, 3.8) is 0 Å². The molecule has 1 aromatic carbocycles. The number of hydrogen-bond acceptors (Lipinski definition) is 3. The van der Waals surface area contributed by atoms with Crippen molar-refractivity contribution in [3.8, 4) is 5.69 Å². The van der Waals surface area contributed by atoms with Crippen LogP contribution in [0.3, 0.4) is 0 Å². The van der Waals surface area contributed by atoms with Gasteiger partial charge in [0, 0.05) is 6.20 Å². The van der Waals surface area contributed by atoms with Crippen LogP contribution in [-0.2, 0) is 4.74 Å². The maximum Gasteiger partial charge on any atom is 0.358 e. The average molecular weight is 251 g/mol. The third-order valence-electron chi connectivity index (χ3n) is 2.20. The zero-order chi connectivity index (χ0) is 12.3. The number of ether oxygens (including phenoxy) is 1. The van der Waals surface area contributed by atoms with Gasteiger partial charge in [0.25, 0.3) is 0 Å². The first-order valence-corrected chi connectivity index (χ1v) is 5.56. The van der Waals surface area contributed by atoms with E-state index < -0.39 is 5.97 Å². The van der Waals surface area contributed by atoms with E-state index in [9.17, 15) is 4.79 Å². The SMILES string of the molecule is CCOC(=O)c1cn(-c2ccccc2Cl)cn1. The lowest BCUT2D eigenvalue weighted by Crippen LogP contribution is -2.04. The summed E-state index contributed by atoms with van der Waals surface area (Å²) in [6.45, 7) is 2.08. The summed E-state index contributed by atoms with van der Waals surface area (Å²) in [5, 5.41) is 0.598. The quantitative estimate of drug-likeness (QED) is 0.787. The highest BCUT2D eigenvalue weighted by molar-refractivity contribution is 6.32. The standard InChI is InChI=1S/C12H11ClN2O2/c1-2-17-12(16)10-7-15(8-14-10)11-6-4-3-5-9(11)13/h3-8H,2H2,1H3. The number of para-hydroxylation sites is 1. The molecule has 0 radical (unpaired) electrons. The van der Waals surface area contributed by atoms with E-state index in [1.807, 2.05) is 18.2 Å². The molecule has 0 unspecified atom stereocenters. The molecule has 5 heteroatoms. The second-order valence-corrected chi connectivity index (χ2v) is 3.75. The highest BCUT2D eigenvalue weighted by Crippen LogP contribution is 2.19. The number of esters is 1. The Morgan fingerprint density at radius 2 is 2.24 bits per heavy atom. The summed E-state index contributed by atoms with van der Waals surface area (Å²) in [5.74, 6) is -0.432. The summed E-state index contributed by atoms with van der Waals surface area (Å²) in [6, 6.07) is 7.33. The number of carbonyl (C=O) groups is 1. The third-order valence-corrected chi connectivity index (χ3v) is 2.52. The first-order chi connectivity index (χ1) is 8.22. The van der Waals surface area contributed by atoms with Crippen LogP contribution in [0.1, 0.15) is 17.4 Å². The molecule has 0 atom stereocenters. The summed E-state index contributed by atoms with van der Waals surface area (Å²) < 4.78 is 6.55. The summed E-state index contributed by atoms with van der Waals surface area (Å²) in [5.41, 5.74) is 1.05. The van der Waals surface area contributed by atoms with E-state index in [1.54, 1.807) is 23.8 Å². The number of imidazole rings is 1. The van der Waals surface area contributed by atoms with Gasteiger partial charge < -0.3 is 9.30 Å². The summed E-state index contributed by atoms with van der Waals surface area (Å²) in [7, 11) is 0. The first kappa shape index (κ1) is 11.7. The zero-order valence-corrected chi connectivity index (χ0v) is 10.0. The molecule has 0 fully saturated rings. The Hall–Kier alpha value is -1.81. The van der Waals surface area contributed by atoms with Crippen molar-refractivity contribution in [3.05, 3.63) is 47.5 Å². The summed E-state index contributed by atoms with van der Waals surface area (Å²) in [6.07, 6.45) is 3.13. The molecule has 0 spiro atoms. The Labute approximate surface area is 104 Å². The molecule has 0 aliphatic carbocycles. The van der Waals surface area contributed by atoms with Crippen molar-refractivity contribution in [1.82, 2.24) is 9.55 Å². The molecule has 2 aromatic rings. The topological polar surface area (TPSA) is 44.1 Å². The first-order valence-electron chi connectivity index (χ1n) is 5.18. The summed E-state index contributed by atoms with van der Waals surface area (Å²) in [4.78, 5) is 15.4. The van der Waals surface area contributed by atoms with Gasteiger partial charge >= 0.3 is 5.97 Å². The van der Waals surface area contributed by atoms with Crippen LogP contribution in [-0.4, -0.2) is 22.1 Å². The van der Waals surface area contributed by atoms with Crippen molar-refractivity contribution in [2.24, 2.45) is 0 Å². The number of nitrogens with zero attached hydrogens (tertiary/aromatic N) is 2. The molecular formula is C12H11ClN2O2. The lowest BCUT2D eigenvalue weighted by molar-refractivity contribution is 0.0520. The number of rotatable bonds is 3. The molecule has 0 amide bonds. The molecular weight excluding hydrogens is 240 g/mol. The van der Waals surface area contributed by atoms with Gasteiger partial charge in [0.15, 0.2) is 5.69 Å². The van der Waals surface area contributed by atoms with Gasteiger partial charge in [-0.05, 0) is 19.1 Å². The summed E-state index contributed by atoms with van der Waals surface area (Å²) >= 11 is 6.04. The molecule has 4 nitrogen and oxygen atoms in total. The van der Waals surface area contributed by atoms with E-state index in [0.717, 1.165) is 5.69 Å². The lowest BCUT2D eigenvalue weighted by atomic mass is 10.3. The predicted molar refractivity (Wildman–Crippen MR) is 64.5 cm³/mol. The van der Waals surface area contributed by atoms with Gasteiger partial charge in [0.2, 0.25) is 0 Å². The third kappa shape index (κ3) is 2.47. The fraction of sp³-hybridized carbons (Fsp3) is 0.167. The minimum Gasteiger partial charge on any atom is -0.461 e. The van der Waals surface area contributed by atoms with Crippen LogP contribution in [0.25, 0.3) is 5.69 Å². The van der Waals surface area contributed by atoms with Crippen molar-refractivity contribution in [2.45, 2.75) is 6.92 Å². The Bertz CT molecular complexity index is 537. The maximum atomic E-state index is 11.4. The molecule has 1 aromatic heterocycles. The van der Waals surface area contributed by atoms with Gasteiger partial charge in [-0.3, -0.25) is 0 Å². The fourth-order valence-corrected chi connectivity index (χ4v) is 1.66. The van der Waals surface area contributed by atoms with E-state index >= 15 is 0 Å². The Morgan fingerprint density at radius 3 is 2.94 bits per heavy atom. The highest BCUT2D eigenvalue weighted by Gasteiger charge is 2.11. The van der Waals surface area contributed by atoms with Gasteiger partial charge in [-0.2, -0.15) is 0 Å². The van der Waals surface area contributed by atoms with E-state index in [-0.39, 0.29) is 5.69 Å². The maximum absolute atomic E-state index is 11.4. The molecule has 0 aliphatic heterocycles. The number of hydrogen-bond donors (Lipinski definition) is 0. The fourth-order valence-electron chi connectivity index (χ4n) is 1.43. The van der Waals surface area contributed by atoms with Crippen LogP contribution in [0, 0.1) is 0 Å². The molecule has 17 heavy (non-hydrogen) atoms. The van der Waals surface area contributed by atoms with E-state index in [4.69, 9.17) is 16.3 Å². The molecule has 0 saturated heterocycles. The highest BCUT2D eigenvalue weighted by atomic mass is 35.5. The minimum atomic E-state index is -0.432. The van der Waals surface area contributed by atoms with Crippen LogP contribution in [0.2, 0.25) is 5.02 Å². The Morgan fingerprint density at radius 1 is 1.47 bits per heavy atom. The second kappa shape index (κ2) is 5.01. The molecule has 2 rings (SSSR count). The van der Waals surface area contributed by atoms with Crippen LogP contribution < -0.4 is 0 Å². The van der Waals surface area contributed by atoms with Crippen molar-refractivity contribution in [2.75, 3.05) is 6.61 Å².